The van der Waals surface area contributed by atoms with Crippen molar-refractivity contribution in [1.82, 2.24) is 4.90 Å². The highest BCUT2D eigenvalue weighted by Gasteiger charge is 2.32. The number of benzene rings is 1. The number of carbonyl (C=O) groups is 2. The van der Waals surface area contributed by atoms with Crippen molar-refractivity contribution in [2.45, 2.75) is 32.6 Å². The molecule has 1 aliphatic heterocycles. The number of thiocarbonyl (C=S) groups is 1. The minimum Gasteiger partial charge on any atom is -0.481 e. The van der Waals surface area contributed by atoms with Crippen LogP contribution in [0.2, 0.25) is 0 Å². The van der Waals surface area contributed by atoms with Crippen molar-refractivity contribution in [3.8, 4) is 11.3 Å². The van der Waals surface area contributed by atoms with E-state index in [0.29, 0.717) is 15.0 Å². The number of nitrogens with zero attached hydrogens (tertiary/aromatic N) is 1. The third-order valence-corrected chi connectivity index (χ3v) is 5.76. The van der Waals surface area contributed by atoms with Gasteiger partial charge >= 0.3 is 5.97 Å². The Morgan fingerprint density at radius 1 is 1.25 bits per heavy atom. The van der Waals surface area contributed by atoms with E-state index < -0.39 is 5.97 Å². The van der Waals surface area contributed by atoms with Gasteiger partial charge in [0.05, 0.1) is 11.3 Å². The molecule has 146 valence electrons. The average Bonchev–Trinajstić information content (AvgIpc) is 3.24. The molecule has 5 nitrogen and oxygen atoms in total. The normalized spacial score (nSPS) is 15.6. The van der Waals surface area contributed by atoms with E-state index in [1.165, 1.54) is 23.3 Å². The standard InChI is InChI=1S/C21H21NO4S2/c1-2-3-4-14-5-7-15(8-6-14)17-10-9-16(26-17)13-18-20(25)22(21(27)28-18)12-11-19(23)24/h5-10,13H,2-4,11-12H2,1H3,(H,23,24)/b18-13-. The van der Waals surface area contributed by atoms with Gasteiger partial charge in [0, 0.05) is 18.2 Å². The Labute approximate surface area is 173 Å². The van der Waals surface area contributed by atoms with Crippen molar-refractivity contribution >= 4 is 46.3 Å². The number of aliphatic carboxylic acids is 1. The highest BCUT2D eigenvalue weighted by atomic mass is 32.2. The number of amides is 1. The third-order valence-electron chi connectivity index (χ3n) is 4.38. The second-order valence-corrected chi connectivity index (χ2v) is 8.16. The molecule has 1 aromatic carbocycles. The van der Waals surface area contributed by atoms with Gasteiger partial charge in [-0.1, -0.05) is 61.6 Å². The number of furan rings is 1. The fourth-order valence-electron chi connectivity index (χ4n) is 2.83. The van der Waals surface area contributed by atoms with Crippen LogP contribution in [0, 0.1) is 0 Å². The monoisotopic (exact) mass is 415 g/mol. The maximum Gasteiger partial charge on any atom is 0.305 e. The molecule has 1 amide bonds. The lowest BCUT2D eigenvalue weighted by Gasteiger charge is -2.12. The van der Waals surface area contributed by atoms with E-state index in [0.717, 1.165) is 29.5 Å². The second-order valence-electron chi connectivity index (χ2n) is 6.48. The minimum absolute atomic E-state index is 0.0745. The van der Waals surface area contributed by atoms with Gasteiger partial charge in [0.1, 0.15) is 15.8 Å². The maximum atomic E-state index is 12.4. The molecule has 1 N–H and O–H groups in total. The summed E-state index contributed by atoms with van der Waals surface area (Å²) < 4.78 is 6.24. The summed E-state index contributed by atoms with van der Waals surface area (Å²) in [6.45, 7) is 2.25. The van der Waals surface area contributed by atoms with E-state index in [9.17, 15) is 9.59 Å². The van der Waals surface area contributed by atoms with Gasteiger partial charge in [-0.3, -0.25) is 14.5 Å². The summed E-state index contributed by atoms with van der Waals surface area (Å²) in [4.78, 5) is 24.9. The summed E-state index contributed by atoms with van der Waals surface area (Å²) in [5.41, 5.74) is 2.29. The van der Waals surface area contributed by atoms with Gasteiger partial charge < -0.3 is 9.52 Å². The number of carbonyl (C=O) groups excluding carboxylic acids is 1. The Morgan fingerprint density at radius 2 is 2.00 bits per heavy atom. The number of hydrogen-bond acceptors (Lipinski definition) is 5. The van der Waals surface area contributed by atoms with Gasteiger partial charge in [0.25, 0.3) is 5.91 Å². The van der Waals surface area contributed by atoms with Crippen molar-refractivity contribution in [3.05, 3.63) is 52.6 Å². The van der Waals surface area contributed by atoms with Gasteiger partial charge in [-0.15, -0.1) is 0 Å². The summed E-state index contributed by atoms with van der Waals surface area (Å²) in [6.07, 6.45) is 4.93. The molecule has 0 radical (unpaired) electrons. The molecule has 0 bridgehead atoms. The lowest BCUT2D eigenvalue weighted by atomic mass is 10.1. The number of carboxylic acids is 1. The van der Waals surface area contributed by atoms with Gasteiger partial charge in [-0.05, 0) is 30.5 Å². The molecule has 2 heterocycles. The number of hydrogen-bond donors (Lipinski definition) is 1. The van der Waals surface area contributed by atoms with E-state index in [1.807, 2.05) is 24.3 Å². The van der Waals surface area contributed by atoms with Crippen molar-refractivity contribution in [1.29, 1.82) is 0 Å². The van der Waals surface area contributed by atoms with Crippen molar-refractivity contribution in [3.63, 3.8) is 0 Å². The molecule has 0 aliphatic carbocycles. The molecule has 0 spiro atoms. The number of rotatable bonds is 8. The molecule has 28 heavy (non-hydrogen) atoms. The predicted octanol–water partition coefficient (Wildman–Crippen LogP) is 4.97. The SMILES string of the molecule is CCCCc1ccc(-c2ccc(/C=C3\SC(=S)N(CCC(=O)O)C3=O)o2)cc1. The molecular weight excluding hydrogens is 394 g/mol. The molecule has 3 rings (SSSR count). The largest absolute Gasteiger partial charge is 0.481 e. The van der Waals surface area contributed by atoms with Gasteiger partial charge in [-0.2, -0.15) is 0 Å². The number of carboxylic acid groups (broad SMARTS) is 1. The molecule has 2 aromatic rings. The van der Waals surface area contributed by atoms with Crippen LogP contribution >= 0.6 is 24.0 Å². The quantitative estimate of drug-likeness (QED) is 0.485. The fourth-order valence-corrected chi connectivity index (χ4v) is 4.12. The summed E-state index contributed by atoms with van der Waals surface area (Å²) >= 11 is 6.35. The number of unbranched alkanes of at least 4 members (excludes halogenated alkanes) is 1. The van der Waals surface area contributed by atoms with E-state index >= 15 is 0 Å². The van der Waals surface area contributed by atoms with Crippen LogP contribution in [0.4, 0.5) is 0 Å². The topological polar surface area (TPSA) is 70.8 Å². The molecule has 1 fully saturated rings. The van der Waals surface area contributed by atoms with Crippen LogP contribution in [-0.4, -0.2) is 32.7 Å². The average molecular weight is 416 g/mol. The highest BCUT2D eigenvalue weighted by Crippen LogP contribution is 2.33. The Kier molecular flexibility index (Phi) is 6.70. The van der Waals surface area contributed by atoms with Crippen LogP contribution < -0.4 is 0 Å². The van der Waals surface area contributed by atoms with Crippen molar-refractivity contribution < 1.29 is 19.1 Å². The molecule has 0 saturated carbocycles. The van der Waals surface area contributed by atoms with Gasteiger partial charge in [-0.25, -0.2) is 0 Å². The molecule has 0 unspecified atom stereocenters. The second kappa shape index (κ2) is 9.21. The zero-order chi connectivity index (χ0) is 20.1. The molecule has 1 saturated heterocycles. The van der Waals surface area contributed by atoms with Crippen LogP contribution in [-0.2, 0) is 16.0 Å². The molecule has 1 aromatic heterocycles. The third kappa shape index (κ3) is 4.91. The summed E-state index contributed by atoms with van der Waals surface area (Å²) in [5.74, 6) is 0.0438. The van der Waals surface area contributed by atoms with Gasteiger partial charge in [0.2, 0.25) is 0 Å². The Balaban J connectivity index is 1.71. The van der Waals surface area contributed by atoms with Crippen molar-refractivity contribution in [2.24, 2.45) is 0 Å². The summed E-state index contributed by atoms with van der Waals surface area (Å²) in [7, 11) is 0. The first-order valence-electron chi connectivity index (χ1n) is 9.14. The minimum atomic E-state index is -0.964. The molecular formula is C21H21NO4S2. The Hall–Kier alpha value is -2.38. The van der Waals surface area contributed by atoms with Crippen LogP contribution in [0.5, 0.6) is 0 Å². The zero-order valence-electron chi connectivity index (χ0n) is 15.5. The fraction of sp³-hybridized carbons (Fsp3) is 0.286. The maximum absolute atomic E-state index is 12.4. The first-order chi connectivity index (χ1) is 13.5. The molecule has 0 atom stereocenters. The van der Waals surface area contributed by atoms with E-state index in [4.69, 9.17) is 21.7 Å². The first kappa shape index (κ1) is 20.4. The van der Waals surface area contributed by atoms with E-state index in [1.54, 1.807) is 6.08 Å². The predicted molar refractivity (Wildman–Crippen MR) is 115 cm³/mol. The highest BCUT2D eigenvalue weighted by molar-refractivity contribution is 8.26. The smallest absolute Gasteiger partial charge is 0.305 e. The lowest BCUT2D eigenvalue weighted by molar-refractivity contribution is -0.137. The van der Waals surface area contributed by atoms with Crippen molar-refractivity contribution in [2.75, 3.05) is 6.54 Å². The zero-order valence-corrected chi connectivity index (χ0v) is 17.1. The molecule has 7 heteroatoms. The first-order valence-corrected chi connectivity index (χ1v) is 10.4. The number of thioether (sulfide) groups is 1. The lowest BCUT2D eigenvalue weighted by Crippen LogP contribution is -2.30. The van der Waals surface area contributed by atoms with Gasteiger partial charge in [0.15, 0.2) is 0 Å². The van der Waals surface area contributed by atoms with Crippen LogP contribution in [0.3, 0.4) is 0 Å². The van der Waals surface area contributed by atoms with Crippen LogP contribution in [0.15, 0.2) is 45.7 Å². The van der Waals surface area contributed by atoms with E-state index in [-0.39, 0.29) is 18.9 Å². The Morgan fingerprint density at radius 3 is 2.68 bits per heavy atom. The summed E-state index contributed by atoms with van der Waals surface area (Å²) in [5, 5.41) is 8.80. The van der Waals surface area contributed by atoms with Crippen LogP contribution in [0.25, 0.3) is 17.4 Å². The molecule has 1 aliphatic rings. The Bertz CT molecular complexity index is 915. The number of aryl methyl sites for hydroxylation is 1. The van der Waals surface area contributed by atoms with E-state index in [2.05, 4.69) is 19.1 Å². The summed E-state index contributed by atoms with van der Waals surface area (Å²) in [6, 6.07) is 12.0. The van der Waals surface area contributed by atoms with Crippen LogP contribution in [0.1, 0.15) is 37.5 Å².